The van der Waals surface area contributed by atoms with E-state index in [0.29, 0.717) is 11.5 Å². The summed E-state index contributed by atoms with van der Waals surface area (Å²) in [4.78, 5) is 27.1. The van der Waals surface area contributed by atoms with Gasteiger partial charge < -0.3 is 58.1 Å². The Hall–Kier alpha value is -8.50. The van der Waals surface area contributed by atoms with E-state index in [1.807, 2.05) is 107 Å². The van der Waals surface area contributed by atoms with Gasteiger partial charge in [-0.15, -0.1) is 12.4 Å². The Kier molecular flexibility index (Phi) is 27.2. The first kappa shape index (κ1) is 73.6. The number of benzene rings is 6. The van der Waals surface area contributed by atoms with Crippen LogP contribution in [0.5, 0.6) is 23.0 Å². The topological polar surface area (TPSA) is 198 Å². The number of likely N-dealkylation sites (N-methyl/N-ethyl adjacent to an activating group) is 1. The molecule has 0 aliphatic rings. The fourth-order valence-electron chi connectivity index (χ4n) is 12.1. The van der Waals surface area contributed by atoms with Crippen molar-refractivity contribution in [3.8, 4) is 51.3 Å². The third-order valence-electron chi connectivity index (χ3n) is 16.7. The summed E-state index contributed by atoms with van der Waals surface area (Å²) in [5.74, 6) is 0.143. The van der Waals surface area contributed by atoms with E-state index in [-0.39, 0.29) is 54.9 Å². The van der Waals surface area contributed by atoms with Gasteiger partial charge in [-0.2, -0.15) is 5.26 Å². The van der Waals surface area contributed by atoms with E-state index in [1.165, 1.54) is 42.0 Å². The maximum Gasteiger partial charge on any atom is 0.308 e. The number of rotatable bonds is 30. The number of aliphatic hydroxyl groups excluding tert-OH is 3. The molecule has 18 heteroatoms. The van der Waals surface area contributed by atoms with Gasteiger partial charge in [0.2, 0.25) is 0 Å². The van der Waals surface area contributed by atoms with Gasteiger partial charge in [0.25, 0.3) is 0 Å². The summed E-state index contributed by atoms with van der Waals surface area (Å²) in [5.41, 5.74) is 8.32. The van der Waals surface area contributed by atoms with Crippen LogP contribution in [0.15, 0.2) is 146 Å². The number of carboxylic acids is 1. The Morgan fingerprint density at radius 3 is 1.56 bits per heavy atom. The van der Waals surface area contributed by atoms with Crippen LogP contribution >= 0.6 is 12.4 Å². The lowest BCUT2D eigenvalue weighted by Crippen LogP contribution is -2.32. The smallest absolute Gasteiger partial charge is 0.308 e. The minimum Gasteiger partial charge on any atom is -0.493 e. The zero-order valence-corrected chi connectivity index (χ0v) is 55.8. The maximum atomic E-state index is 13.9. The van der Waals surface area contributed by atoms with Gasteiger partial charge in [0, 0.05) is 75.8 Å². The SMILES string of the molecule is CC(C)n1c(/C=C/[C@H](O)C[C@H](O)CC(=O)O[C@H](CC(=O)O)C[C@@H](O)/C=C/c2c(-c3ccc(F)cc3)c3ccccc3n2C(C)C)c(-c2ccc(F)cc2)c2ccccc21.COc1ccc(CCN(C)CCCC(C#N)(c2ccc(OC)c(OC)c2)C(C)C)cc1OC.Cl. The molecule has 0 aliphatic carbocycles. The van der Waals surface area contributed by atoms with Gasteiger partial charge in [-0.3, -0.25) is 9.59 Å². The zero-order valence-electron chi connectivity index (χ0n) is 55.0. The fourth-order valence-corrected chi connectivity index (χ4v) is 12.1. The molecule has 0 radical (unpaired) electrons. The number of nitrogens with zero attached hydrogens (tertiary/aromatic N) is 4. The van der Waals surface area contributed by atoms with Crippen molar-refractivity contribution in [3.05, 3.63) is 180 Å². The van der Waals surface area contributed by atoms with Crippen LogP contribution in [-0.4, -0.2) is 119 Å². The van der Waals surface area contributed by atoms with E-state index in [1.54, 1.807) is 64.9 Å². The van der Waals surface area contributed by atoms with E-state index in [4.69, 9.17) is 23.7 Å². The standard InChI is InChI=1S/C48H50F2N2O7.C27H38N2O4.ClH/c1-29(2)51-41-11-7-5-9-39(41)47(31-13-17-33(49)18-14-31)43(51)23-21-35(53)25-37(55)27-46(58)59-38(28-45(56)57)26-36(54)22-24-44-48(32-15-19-34(50)20-16-32)40-10-6-8-12-42(40)52(44)30(3)4;1-20(2)27(19-28,22-10-12-24(31-5)26(18-22)33-7)14-8-15-29(3)16-13-21-9-11-23(30-4)25(17-21)32-6;/h5-24,29-30,35-38,53-55H,25-28H2,1-4H3,(H,56,57);9-12,17-18,20H,8,13-16H2,1-7H3;1H/b23-21+,24-22+;;/t35-,36-,37-,38-;;/m0../s1. The average molecular weight is 1300 g/mol. The predicted molar refractivity (Wildman–Crippen MR) is 366 cm³/mol. The van der Waals surface area contributed by atoms with Crippen LogP contribution in [0.3, 0.4) is 0 Å². The number of halogens is 3. The number of ether oxygens (including phenoxy) is 5. The molecular formula is C75H89ClF2N4O11. The number of hydrogen-bond donors (Lipinski definition) is 4. The van der Waals surface area contributed by atoms with Crippen molar-refractivity contribution in [2.45, 2.75) is 128 Å². The molecule has 4 N–H and O–H groups in total. The number of aliphatic carboxylic acids is 1. The molecule has 0 saturated carbocycles. The number of esters is 1. The molecule has 8 aromatic rings. The van der Waals surface area contributed by atoms with E-state index in [2.05, 4.69) is 47.1 Å². The Morgan fingerprint density at radius 1 is 0.624 bits per heavy atom. The van der Waals surface area contributed by atoms with Gasteiger partial charge in [0.05, 0.1) is 71.1 Å². The second-order valence-corrected chi connectivity index (χ2v) is 24.0. The average Bonchev–Trinajstić information content (AvgIpc) is 1.64. The molecule has 0 spiro atoms. The zero-order chi connectivity index (χ0) is 66.8. The van der Waals surface area contributed by atoms with E-state index >= 15 is 0 Å². The van der Waals surface area contributed by atoms with Gasteiger partial charge in [-0.1, -0.05) is 98.8 Å². The molecule has 496 valence electrons. The molecule has 0 saturated heterocycles. The Labute approximate surface area is 551 Å². The fraction of sp³-hybridized carbons (Fsp3) is 0.373. The van der Waals surface area contributed by atoms with Crippen molar-refractivity contribution in [1.82, 2.24) is 14.0 Å². The number of methoxy groups -OCH3 is 4. The van der Waals surface area contributed by atoms with Crippen LogP contribution in [-0.2, 0) is 26.2 Å². The summed E-state index contributed by atoms with van der Waals surface area (Å²) < 4.78 is 59.0. The van der Waals surface area contributed by atoms with Crippen LogP contribution in [0.4, 0.5) is 8.78 Å². The van der Waals surface area contributed by atoms with Gasteiger partial charge in [0.1, 0.15) is 17.7 Å². The highest BCUT2D eigenvalue weighted by Gasteiger charge is 2.36. The lowest BCUT2D eigenvalue weighted by atomic mass is 9.69. The summed E-state index contributed by atoms with van der Waals surface area (Å²) in [6.45, 7) is 14.2. The molecule has 2 heterocycles. The molecule has 6 aromatic carbocycles. The minimum absolute atomic E-state index is 0. The first-order chi connectivity index (χ1) is 44.1. The highest BCUT2D eigenvalue weighted by Crippen LogP contribution is 2.42. The molecule has 15 nitrogen and oxygen atoms in total. The Morgan fingerprint density at radius 2 is 1.10 bits per heavy atom. The number of carboxylic acid groups (broad SMARTS) is 1. The highest BCUT2D eigenvalue weighted by atomic mass is 35.5. The normalized spacial score (nSPS) is 13.6. The molecule has 5 atom stereocenters. The molecular weight excluding hydrogens is 1210 g/mol. The summed E-state index contributed by atoms with van der Waals surface area (Å²) in [6, 6.07) is 42.6. The number of carbonyl (C=O) groups excluding carboxylic acids is 1. The van der Waals surface area contributed by atoms with Crippen molar-refractivity contribution >= 4 is 58.3 Å². The second-order valence-electron chi connectivity index (χ2n) is 24.0. The number of aromatic nitrogens is 2. The third kappa shape index (κ3) is 18.6. The van der Waals surface area contributed by atoms with Gasteiger partial charge in [-0.05, 0) is 162 Å². The van der Waals surface area contributed by atoms with E-state index in [9.17, 15) is 44.1 Å². The largest absolute Gasteiger partial charge is 0.493 e. The summed E-state index contributed by atoms with van der Waals surface area (Å²) in [5, 5.41) is 54.7. The molecule has 1 unspecified atom stereocenters. The summed E-state index contributed by atoms with van der Waals surface area (Å²) in [7, 11) is 8.67. The first-order valence-corrected chi connectivity index (χ1v) is 31.2. The number of nitriles is 1. The van der Waals surface area contributed by atoms with Crippen LogP contribution in [0.1, 0.15) is 115 Å². The predicted octanol–water partition coefficient (Wildman–Crippen LogP) is 15.3. The quantitative estimate of drug-likeness (QED) is 0.0311. The lowest BCUT2D eigenvalue weighted by molar-refractivity contribution is -0.156. The van der Waals surface area contributed by atoms with E-state index in [0.717, 1.165) is 105 Å². The van der Waals surface area contributed by atoms with Gasteiger partial charge in [-0.25, -0.2) is 8.78 Å². The molecule has 0 amide bonds. The van der Waals surface area contributed by atoms with Crippen molar-refractivity contribution in [3.63, 3.8) is 0 Å². The Balaban J connectivity index is 0.000000343. The monoisotopic (exact) mass is 1290 g/mol. The number of fused-ring (bicyclic) bond motifs is 2. The number of para-hydroxylation sites is 2. The number of hydrogen-bond acceptors (Lipinski definition) is 12. The maximum absolute atomic E-state index is 13.9. The van der Waals surface area contributed by atoms with Crippen molar-refractivity contribution < 1.29 is 62.5 Å². The van der Waals surface area contributed by atoms with Crippen molar-refractivity contribution in [2.75, 3.05) is 48.6 Å². The van der Waals surface area contributed by atoms with Crippen LogP contribution in [0, 0.1) is 28.9 Å². The molecule has 0 fully saturated rings. The first-order valence-electron chi connectivity index (χ1n) is 31.2. The Bertz CT molecular complexity index is 3850. The van der Waals surface area contributed by atoms with Crippen molar-refractivity contribution in [2.24, 2.45) is 5.92 Å². The minimum atomic E-state index is -1.33. The number of carbonyl (C=O) groups is 2. The third-order valence-corrected chi connectivity index (χ3v) is 16.7. The van der Waals surface area contributed by atoms with Crippen LogP contribution in [0.2, 0.25) is 0 Å². The van der Waals surface area contributed by atoms with Crippen LogP contribution in [0.25, 0.3) is 56.2 Å². The summed E-state index contributed by atoms with van der Waals surface area (Å²) >= 11 is 0. The molecule has 0 aliphatic heterocycles. The van der Waals surface area contributed by atoms with Gasteiger partial charge in [0.15, 0.2) is 23.0 Å². The molecule has 8 rings (SSSR count). The highest BCUT2D eigenvalue weighted by molar-refractivity contribution is 6.02. The van der Waals surface area contributed by atoms with Crippen molar-refractivity contribution in [1.29, 1.82) is 5.26 Å². The molecule has 2 aromatic heterocycles. The molecule has 0 bridgehead atoms. The molecule has 93 heavy (non-hydrogen) atoms. The van der Waals surface area contributed by atoms with Gasteiger partial charge >= 0.3 is 11.9 Å². The summed E-state index contributed by atoms with van der Waals surface area (Å²) in [6.07, 6.45) is 2.69. The van der Waals surface area contributed by atoms with E-state index < -0.39 is 54.6 Å². The van der Waals surface area contributed by atoms with Crippen LogP contribution < -0.4 is 18.9 Å². The second kappa shape index (κ2) is 34.4. The lowest BCUT2D eigenvalue weighted by Gasteiger charge is -2.32. The number of aliphatic hydroxyl groups is 3.